The molecule has 0 saturated carbocycles. The highest BCUT2D eigenvalue weighted by atomic mass is 79.9. The number of carbonyl (C=O) groups excluding carboxylic acids is 1. The molecular weight excluding hydrogens is 362 g/mol. The summed E-state index contributed by atoms with van der Waals surface area (Å²) in [5.74, 6) is -1.90. The third-order valence-electron chi connectivity index (χ3n) is 3.29. The Balaban J connectivity index is 2.24. The van der Waals surface area contributed by atoms with Gasteiger partial charge < -0.3 is 10.0 Å². The number of carboxylic acids is 1. The molecule has 1 heterocycles. The molecule has 1 amide bonds. The van der Waals surface area contributed by atoms with Crippen molar-refractivity contribution in [3.63, 3.8) is 0 Å². The average Bonchev–Trinajstić information content (AvgIpc) is 2.37. The fraction of sp³-hybridized carbons (Fsp3) is 0.385. The smallest absolute Gasteiger partial charge is 0.305 e. The maximum Gasteiger partial charge on any atom is 0.305 e. The fourth-order valence-corrected chi connectivity index (χ4v) is 4.07. The first kappa shape index (κ1) is 16.0. The number of aliphatic carboxylic acids is 1. The zero-order chi connectivity index (χ0) is 15.6. The summed E-state index contributed by atoms with van der Waals surface area (Å²) >= 11 is 3.27. The number of hydrogen-bond donors (Lipinski definition) is 1. The Bertz CT molecular complexity index is 656. The van der Waals surface area contributed by atoms with Crippen molar-refractivity contribution in [3.05, 3.63) is 34.3 Å². The lowest BCUT2D eigenvalue weighted by Gasteiger charge is -2.34. The number of halogens is 1. The van der Waals surface area contributed by atoms with Crippen molar-refractivity contribution in [2.24, 2.45) is 0 Å². The first-order valence-corrected chi connectivity index (χ1v) is 8.89. The van der Waals surface area contributed by atoms with Gasteiger partial charge in [0.1, 0.15) is 0 Å². The van der Waals surface area contributed by atoms with Crippen LogP contribution in [0.1, 0.15) is 16.8 Å². The van der Waals surface area contributed by atoms with Gasteiger partial charge in [0.25, 0.3) is 5.91 Å². The van der Waals surface area contributed by atoms with Crippen LogP contribution in [0.25, 0.3) is 0 Å². The molecule has 1 saturated heterocycles. The van der Waals surface area contributed by atoms with Crippen molar-refractivity contribution in [2.45, 2.75) is 12.5 Å². The third-order valence-corrected chi connectivity index (χ3v) is 5.52. The summed E-state index contributed by atoms with van der Waals surface area (Å²) in [4.78, 5) is 24.7. The molecule has 6 nitrogen and oxygen atoms in total. The predicted octanol–water partition coefficient (Wildman–Crippen LogP) is 1.16. The SMILES string of the molecule is O=C(O)CC1CS(=O)(=O)CCN1C(=O)c1ccc(Br)cc1. The van der Waals surface area contributed by atoms with E-state index in [1.54, 1.807) is 24.3 Å². The topological polar surface area (TPSA) is 91.8 Å². The van der Waals surface area contributed by atoms with Crippen molar-refractivity contribution in [2.75, 3.05) is 18.1 Å². The van der Waals surface area contributed by atoms with E-state index in [1.165, 1.54) is 4.90 Å². The zero-order valence-corrected chi connectivity index (χ0v) is 13.4. The Kier molecular flexibility index (Phi) is 4.67. The minimum absolute atomic E-state index is 0.0230. The maximum atomic E-state index is 12.4. The molecule has 8 heteroatoms. The zero-order valence-electron chi connectivity index (χ0n) is 11.0. The second kappa shape index (κ2) is 6.15. The molecule has 2 rings (SSSR count). The number of sulfone groups is 1. The molecule has 21 heavy (non-hydrogen) atoms. The van der Waals surface area contributed by atoms with E-state index in [-0.39, 0.29) is 30.4 Å². The molecule has 1 fully saturated rings. The number of benzene rings is 1. The quantitative estimate of drug-likeness (QED) is 0.855. The van der Waals surface area contributed by atoms with Gasteiger partial charge in [-0.05, 0) is 24.3 Å². The van der Waals surface area contributed by atoms with E-state index < -0.39 is 21.8 Å². The Morgan fingerprint density at radius 3 is 2.48 bits per heavy atom. The average molecular weight is 376 g/mol. The van der Waals surface area contributed by atoms with Crippen LogP contribution in [0, 0.1) is 0 Å². The molecule has 1 aliphatic rings. The van der Waals surface area contributed by atoms with Crippen LogP contribution in [0.3, 0.4) is 0 Å². The summed E-state index contributed by atoms with van der Waals surface area (Å²) in [6.45, 7) is 0.0230. The van der Waals surface area contributed by atoms with Crippen LogP contribution < -0.4 is 0 Å². The van der Waals surface area contributed by atoms with Gasteiger partial charge in [0.15, 0.2) is 9.84 Å². The van der Waals surface area contributed by atoms with Crippen LogP contribution >= 0.6 is 15.9 Å². The number of hydrogen-bond acceptors (Lipinski definition) is 4. The first-order valence-electron chi connectivity index (χ1n) is 6.27. The predicted molar refractivity (Wildman–Crippen MR) is 79.9 cm³/mol. The van der Waals surface area contributed by atoms with Gasteiger partial charge >= 0.3 is 5.97 Å². The van der Waals surface area contributed by atoms with Crippen molar-refractivity contribution < 1.29 is 23.1 Å². The summed E-state index contributed by atoms with van der Waals surface area (Å²) in [7, 11) is -3.30. The van der Waals surface area contributed by atoms with E-state index in [1.807, 2.05) is 0 Å². The molecule has 1 aromatic carbocycles. The largest absolute Gasteiger partial charge is 0.481 e. The van der Waals surface area contributed by atoms with E-state index in [9.17, 15) is 18.0 Å². The van der Waals surface area contributed by atoms with Gasteiger partial charge in [0, 0.05) is 16.6 Å². The monoisotopic (exact) mass is 375 g/mol. The molecule has 0 spiro atoms. The Hall–Kier alpha value is -1.41. The normalized spacial score (nSPS) is 21.0. The van der Waals surface area contributed by atoms with E-state index in [4.69, 9.17) is 5.11 Å². The lowest BCUT2D eigenvalue weighted by Crippen LogP contribution is -2.52. The first-order chi connectivity index (χ1) is 9.78. The standard InChI is InChI=1S/C13H14BrNO5S/c14-10-3-1-9(2-4-10)13(18)15-5-6-21(19,20)8-11(15)7-12(16)17/h1-4,11H,5-8H2,(H,16,17). The Morgan fingerprint density at radius 2 is 1.90 bits per heavy atom. The van der Waals surface area contributed by atoms with Crippen molar-refractivity contribution in [3.8, 4) is 0 Å². The highest BCUT2D eigenvalue weighted by molar-refractivity contribution is 9.10. The molecule has 0 radical (unpaired) electrons. The summed E-state index contributed by atoms with van der Waals surface area (Å²) in [5.41, 5.74) is 0.410. The lowest BCUT2D eigenvalue weighted by molar-refractivity contribution is -0.138. The molecular formula is C13H14BrNO5S. The highest BCUT2D eigenvalue weighted by Gasteiger charge is 2.35. The van der Waals surface area contributed by atoms with Gasteiger partial charge in [-0.3, -0.25) is 9.59 Å². The molecule has 114 valence electrons. The minimum atomic E-state index is -3.30. The molecule has 1 N–H and O–H groups in total. The van der Waals surface area contributed by atoms with Crippen molar-refractivity contribution >= 4 is 37.6 Å². The lowest BCUT2D eigenvalue weighted by atomic mass is 10.1. The summed E-state index contributed by atoms with van der Waals surface area (Å²) in [5, 5.41) is 8.90. The molecule has 1 unspecified atom stereocenters. The molecule has 0 aromatic heterocycles. The van der Waals surface area contributed by atoms with Gasteiger partial charge in [0.2, 0.25) is 0 Å². The van der Waals surface area contributed by atoms with Crippen LogP contribution in [0.5, 0.6) is 0 Å². The Labute approximate surface area is 130 Å². The summed E-state index contributed by atoms with van der Waals surface area (Å²) in [6, 6.07) is 5.83. The van der Waals surface area contributed by atoms with E-state index >= 15 is 0 Å². The summed E-state index contributed by atoms with van der Waals surface area (Å²) in [6.07, 6.45) is -0.374. The fourth-order valence-electron chi connectivity index (χ4n) is 2.28. The highest BCUT2D eigenvalue weighted by Crippen LogP contribution is 2.19. The van der Waals surface area contributed by atoms with Gasteiger partial charge in [0.05, 0.1) is 24.0 Å². The van der Waals surface area contributed by atoms with E-state index in [0.717, 1.165) is 4.47 Å². The van der Waals surface area contributed by atoms with Gasteiger partial charge in [-0.25, -0.2) is 8.42 Å². The van der Waals surface area contributed by atoms with Crippen LogP contribution in [0.2, 0.25) is 0 Å². The number of nitrogens with zero attached hydrogens (tertiary/aromatic N) is 1. The van der Waals surface area contributed by atoms with Crippen molar-refractivity contribution in [1.29, 1.82) is 0 Å². The minimum Gasteiger partial charge on any atom is -0.481 e. The van der Waals surface area contributed by atoms with Crippen molar-refractivity contribution in [1.82, 2.24) is 4.90 Å². The summed E-state index contributed by atoms with van der Waals surface area (Å²) < 4.78 is 24.1. The number of amides is 1. The number of carboxylic acid groups (broad SMARTS) is 1. The maximum absolute atomic E-state index is 12.4. The molecule has 0 aliphatic carbocycles. The molecule has 0 bridgehead atoms. The van der Waals surface area contributed by atoms with Gasteiger partial charge in [-0.1, -0.05) is 15.9 Å². The van der Waals surface area contributed by atoms with Crippen LogP contribution in [-0.4, -0.2) is 54.4 Å². The molecule has 1 aliphatic heterocycles. The molecule has 1 atom stereocenters. The number of carbonyl (C=O) groups is 2. The van der Waals surface area contributed by atoms with Crippen LogP contribution in [0.15, 0.2) is 28.7 Å². The van der Waals surface area contributed by atoms with Crippen LogP contribution in [-0.2, 0) is 14.6 Å². The number of rotatable bonds is 3. The van der Waals surface area contributed by atoms with E-state index in [2.05, 4.69) is 15.9 Å². The van der Waals surface area contributed by atoms with Crippen LogP contribution in [0.4, 0.5) is 0 Å². The van der Waals surface area contributed by atoms with Gasteiger partial charge in [-0.2, -0.15) is 0 Å². The Morgan fingerprint density at radius 1 is 1.29 bits per heavy atom. The second-order valence-electron chi connectivity index (χ2n) is 4.87. The third kappa shape index (κ3) is 4.04. The second-order valence-corrected chi connectivity index (χ2v) is 8.02. The van der Waals surface area contributed by atoms with Gasteiger partial charge in [-0.15, -0.1) is 0 Å². The molecule has 1 aromatic rings. The van der Waals surface area contributed by atoms with E-state index in [0.29, 0.717) is 5.56 Å².